The van der Waals surface area contributed by atoms with Gasteiger partial charge in [-0.2, -0.15) is 5.10 Å². The van der Waals surface area contributed by atoms with Crippen LogP contribution in [-0.2, 0) is 13.1 Å². The molecule has 1 aliphatic carbocycles. The van der Waals surface area contributed by atoms with Gasteiger partial charge in [0.2, 0.25) is 0 Å². The highest BCUT2D eigenvalue weighted by molar-refractivity contribution is 5.93. The first kappa shape index (κ1) is 20.0. The molecule has 5 aromatic rings. The number of imidazole rings is 1. The molecule has 0 spiro atoms. The van der Waals surface area contributed by atoms with Gasteiger partial charge in [-0.1, -0.05) is 11.3 Å². The van der Waals surface area contributed by atoms with Crippen molar-refractivity contribution in [3.8, 4) is 11.3 Å². The van der Waals surface area contributed by atoms with Crippen molar-refractivity contribution in [1.82, 2.24) is 39.9 Å². The van der Waals surface area contributed by atoms with Gasteiger partial charge in [-0.3, -0.25) is 5.10 Å². The van der Waals surface area contributed by atoms with Crippen molar-refractivity contribution in [1.29, 1.82) is 0 Å². The third kappa shape index (κ3) is 3.87. The summed E-state index contributed by atoms with van der Waals surface area (Å²) >= 11 is 0. The zero-order valence-corrected chi connectivity index (χ0v) is 17.9. The molecule has 4 aromatic heterocycles. The van der Waals surface area contributed by atoms with Gasteiger partial charge in [-0.05, 0) is 43.0 Å². The molecule has 0 amide bonds. The highest BCUT2D eigenvalue weighted by atomic mass is 19.1. The number of fused-ring (bicyclic) bond motifs is 2. The van der Waals surface area contributed by atoms with E-state index in [0.29, 0.717) is 36.4 Å². The maximum absolute atomic E-state index is 14.0. The molecule has 0 aliphatic heterocycles. The molecule has 9 nitrogen and oxygen atoms in total. The number of aromatic nitrogens is 7. The summed E-state index contributed by atoms with van der Waals surface area (Å²) in [5.74, 6) is -0.358. The topological polar surface area (TPSA) is 109 Å². The molecule has 168 valence electrons. The van der Waals surface area contributed by atoms with E-state index in [1.807, 2.05) is 28.9 Å². The van der Waals surface area contributed by atoms with E-state index in [0.717, 1.165) is 41.6 Å². The maximum Gasteiger partial charge on any atom is 0.137 e. The van der Waals surface area contributed by atoms with Crippen LogP contribution in [0.1, 0.15) is 30.5 Å². The van der Waals surface area contributed by atoms with Gasteiger partial charge in [0.25, 0.3) is 0 Å². The van der Waals surface area contributed by atoms with Gasteiger partial charge in [-0.15, -0.1) is 5.10 Å². The van der Waals surface area contributed by atoms with Crippen LogP contribution in [0.4, 0.5) is 4.39 Å². The summed E-state index contributed by atoms with van der Waals surface area (Å²) in [5, 5.41) is 29.6. The average molecular weight is 446 g/mol. The molecule has 1 fully saturated rings. The summed E-state index contributed by atoms with van der Waals surface area (Å²) in [6.45, 7) is 1.75. The SMILES string of the molecule is OC1(CNCc2ccc3nc(Cn4cc(-c5cc(F)cc6[nH]ncc56)nn4)cn3c2)CCC1. The maximum atomic E-state index is 14.0. The molecule has 3 N–H and O–H groups in total. The molecule has 0 bridgehead atoms. The summed E-state index contributed by atoms with van der Waals surface area (Å²) in [5.41, 5.74) is 4.11. The number of hydrogen-bond acceptors (Lipinski definition) is 6. The Balaban J connectivity index is 1.18. The summed E-state index contributed by atoms with van der Waals surface area (Å²) in [6.07, 6.45) is 10.3. The van der Waals surface area contributed by atoms with Crippen LogP contribution in [-0.4, -0.2) is 51.8 Å². The predicted octanol–water partition coefficient (Wildman–Crippen LogP) is 2.66. The Hall–Kier alpha value is -3.63. The summed E-state index contributed by atoms with van der Waals surface area (Å²) in [7, 11) is 0. The molecule has 0 radical (unpaired) electrons. The van der Waals surface area contributed by atoms with E-state index >= 15 is 0 Å². The number of aromatic amines is 1. The lowest BCUT2D eigenvalue weighted by Crippen LogP contribution is -2.45. The van der Waals surface area contributed by atoms with Crippen LogP contribution in [0.25, 0.3) is 27.8 Å². The van der Waals surface area contributed by atoms with E-state index < -0.39 is 5.60 Å². The first-order chi connectivity index (χ1) is 16.0. The van der Waals surface area contributed by atoms with Crippen molar-refractivity contribution in [2.75, 3.05) is 6.54 Å². The van der Waals surface area contributed by atoms with Gasteiger partial charge in [0.15, 0.2) is 0 Å². The van der Waals surface area contributed by atoms with Gasteiger partial charge >= 0.3 is 0 Å². The first-order valence-corrected chi connectivity index (χ1v) is 11.0. The standard InChI is InChI=1S/C23H23FN8O/c24-16-6-18(19-9-26-28-20(19)7-16)21-13-32(30-29-21)12-17-11-31-10-15(2-3-22(31)27-17)8-25-14-23(33)4-1-5-23/h2-3,6-7,9-11,13,25,33H,1,4-5,8,12,14H2,(H,26,28). The van der Waals surface area contributed by atoms with E-state index in [-0.39, 0.29) is 5.82 Å². The quantitative estimate of drug-likeness (QED) is 0.355. The number of nitrogens with one attached hydrogen (secondary N) is 2. The number of H-pyrrole nitrogens is 1. The van der Waals surface area contributed by atoms with Gasteiger partial charge in [-0.25, -0.2) is 14.1 Å². The minimum atomic E-state index is -0.530. The second kappa shape index (κ2) is 7.75. The minimum absolute atomic E-state index is 0.358. The number of nitrogens with zero attached hydrogens (tertiary/aromatic N) is 6. The van der Waals surface area contributed by atoms with Crippen LogP contribution in [0.3, 0.4) is 0 Å². The van der Waals surface area contributed by atoms with Crippen LogP contribution in [0.15, 0.2) is 49.1 Å². The molecular weight excluding hydrogens is 423 g/mol. The Bertz CT molecular complexity index is 1450. The normalized spacial score (nSPS) is 15.3. The molecule has 33 heavy (non-hydrogen) atoms. The monoisotopic (exact) mass is 446 g/mol. The molecule has 4 heterocycles. The van der Waals surface area contributed by atoms with Crippen LogP contribution in [0.5, 0.6) is 0 Å². The number of halogens is 1. The van der Waals surface area contributed by atoms with Crippen molar-refractivity contribution >= 4 is 16.6 Å². The molecule has 1 saturated carbocycles. The number of rotatable bonds is 7. The first-order valence-electron chi connectivity index (χ1n) is 11.0. The van der Waals surface area contributed by atoms with E-state index in [4.69, 9.17) is 0 Å². The van der Waals surface area contributed by atoms with Crippen molar-refractivity contribution in [2.45, 2.75) is 38.0 Å². The number of benzene rings is 1. The molecule has 6 rings (SSSR count). The fraction of sp³-hybridized carbons (Fsp3) is 0.304. The largest absolute Gasteiger partial charge is 0.389 e. The van der Waals surface area contributed by atoms with Crippen molar-refractivity contribution in [2.24, 2.45) is 0 Å². The van der Waals surface area contributed by atoms with Crippen molar-refractivity contribution < 1.29 is 9.50 Å². The van der Waals surface area contributed by atoms with Gasteiger partial charge in [0, 0.05) is 36.4 Å². The number of aliphatic hydroxyl groups is 1. The molecule has 0 unspecified atom stereocenters. The Morgan fingerprint density at radius 3 is 2.94 bits per heavy atom. The fourth-order valence-corrected chi connectivity index (χ4v) is 4.37. The van der Waals surface area contributed by atoms with Crippen LogP contribution < -0.4 is 5.32 Å². The van der Waals surface area contributed by atoms with Gasteiger partial charge < -0.3 is 14.8 Å². The lowest BCUT2D eigenvalue weighted by molar-refractivity contribution is -0.0314. The minimum Gasteiger partial charge on any atom is -0.389 e. The van der Waals surface area contributed by atoms with E-state index in [1.165, 1.54) is 12.1 Å². The third-order valence-corrected chi connectivity index (χ3v) is 6.29. The smallest absolute Gasteiger partial charge is 0.137 e. The molecular formula is C23H23FN8O. The number of pyridine rings is 1. The second-order valence-electron chi connectivity index (χ2n) is 8.80. The number of hydrogen-bond donors (Lipinski definition) is 3. The summed E-state index contributed by atoms with van der Waals surface area (Å²) in [4.78, 5) is 4.67. The van der Waals surface area contributed by atoms with Crippen LogP contribution >= 0.6 is 0 Å². The molecule has 0 atom stereocenters. The van der Waals surface area contributed by atoms with Crippen LogP contribution in [0, 0.1) is 5.82 Å². The fourth-order valence-electron chi connectivity index (χ4n) is 4.37. The zero-order chi connectivity index (χ0) is 22.4. The molecule has 0 saturated heterocycles. The average Bonchev–Trinajstić information content (AvgIpc) is 3.51. The molecule has 1 aliphatic rings. The highest BCUT2D eigenvalue weighted by Gasteiger charge is 2.33. The Labute approximate surface area is 188 Å². The van der Waals surface area contributed by atoms with Crippen molar-refractivity contribution in [3.63, 3.8) is 0 Å². The Morgan fingerprint density at radius 1 is 1.18 bits per heavy atom. The highest BCUT2D eigenvalue weighted by Crippen LogP contribution is 2.30. The lowest BCUT2D eigenvalue weighted by Gasteiger charge is -2.36. The summed E-state index contributed by atoms with van der Waals surface area (Å²) in [6, 6.07) is 6.87. The second-order valence-corrected chi connectivity index (χ2v) is 8.80. The van der Waals surface area contributed by atoms with E-state index in [1.54, 1.807) is 17.1 Å². The van der Waals surface area contributed by atoms with Gasteiger partial charge in [0.1, 0.15) is 17.2 Å². The summed E-state index contributed by atoms with van der Waals surface area (Å²) < 4.78 is 17.7. The third-order valence-electron chi connectivity index (χ3n) is 6.29. The van der Waals surface area contributed by atoms with E-state index in [9.17, 15) is 9.50 Å². The predicted molar refractivity (Wildman–Crippen MR) is 120 cm³/mol. The van der Waals surface area contributed by atoms with Gasteiger partial charge in [0.05, 0.1) is 35.8 Å². The molecule has 1 aromatic carbocycles. The Kier molecular flexibility index (Phi) is 4.70. The zero-order valence-electron chi connectivity index (χ0n) is 17.9. The van der Waals surface area contributed by atoms with E-state index in [2.05, 4.69) is 30.8 Å². The van der Waals surface area contributed by atoms with Crippen molar-refractivity contribution in [3.05, 3.63) is 66.1 Å². The molecule has 10 heteroatoms. The van der Waals surface area contributed by atoms with Crippen LogP contribution in [0.2, 0.25) is 0 Å². The lowest BCUT2D eigenvalue weighted by atomic mass is 9.80. The Morgan fingerprint density at radius 2 is 2.09 bits per heavy atom.